The van der Waals surface area contributed by atoms with Crippen molar-refractivity contribution in [3.63, 3.8) is 0 Å². The van der Waals surface area contributed by atoms with Crippen LogP contribution in [-0.4, -0.2) is 58.3 Å². The molecule has 0 unspecified atom stereocenters. The van der Waals surface area contributed by atoms with E-state index >= 15 is 0 Å². The van der Waals surface area contributed by atoms with Crippen molar-refractivity contribution in [1.29, 1.82) is 0 Å². The van der Waals surface area contributed by atoms with E-state index in [2.05, 4.69) is 70.3 Å². The lowest BCUT2D eigenvalue weighted by Crippen LogP contribution is -2.62. The summed E-state index contributed by atoms with van der Waals surface area (Å²) in [6.07, 6.45) is 6.29. The largest absolute Gasteiger partial charge is 0.378 e. The van der Waals surface area contributed by atoms with Gasteiger partial charge < -0.3 is 15.0 Å². The van der Waals surface area contributed by atoms with Gasteiger partial charge >= 0.3 is 0 Å². The third-order valence-corrected chi connectivity index (χ3v) is 6.86. The van der Waals surface area contributed by atoms with Crippen molar-refractivity contribution in [3.8, 4) is 0 Å². The van der Waals surface area contributed by atoms with Gasteiger partial charge in [0.15, 0.2) is 0 Å². The first-order chi connectivity index (χ1) is 14.3. The summed E-state index contributed by atoms with van der Waals surface area (Å²) >= 11 is 1.84. The van der Waals surface area contributed by atoms with Crippen molar-refractivity contribution in [3.05, 3.63) is 40.3 Å². The molecule has 4 heterocycles. The predicted octanol–water partition coefficient (Wildman–Crippen LogP) is 3.69. The molecule has 164 valence electrons. The van der Waals surface area contributed by atoms with Crippen molar-refractivity contribution < 1.29 is 4.74 Å². The molecule has 2 aliphatic rings. The molecule has 2 fully saturated rings. The Kier molecular flexibility index (Phi) is 6.44. The second kappa shape index (κ2) is 8.91. The Morgan fingerprint density at radius 3 is 2.37 bits per heavy atom. The molecule has 0 aliphatic carbocycles. The lowest BCUT2D eigenvalue weighted by molar-refractivity contribution is 0.0568. The average molecular weight is 430 g/mol. The van der Waals surface area contributed by atoms with Crippen LogP contribution in [0, 0.1) is 0 Å². The molecule has 30 heavy (non-hydrogen) atoms. The number of ether oxygens (including phenoxy) is 1. The van der Waals surface area contributed by atoms with Crippen molar-refractivity contribution in [2.75, 3.05) is 31.2 Å². The van der Waals surface area contributed by atoms with E-state index in [1.54, 1.807) is 0 Å². The van der Waals surface area contributed by atoms with Gasteiger partial charge in [-0.3, -0.25) is 4.90 Å². The fourth-order valence-corrected chi connectivity index (χ4v) is 5.76. The van der Waals surface area contributed by atoms with Gasteiger partial charge in [-0.2, -0.15) is 0 Å². The molecule has 4 rings (SSSR count). The molecule has 0 saturated carbocycles. The van der Waals surface area contributed by atoms with Crippen molar-refractivity contribution in [2.24, 2.45) is 0 Å². The first-order valence-electron chi connectivity index (χ1n) is 11.0. The molecule has 6 nitrogen and oxygen atoms in total. The summed E-state index contributed by atoms with van der Waals surface area (Å²) < 4.78 is 5.44. The summed E-state index contributed by atoms with van der Waals surface area (Å²) in [5.74, 6) is 0.816. The van der Waals surface area contributed by atoms with E-state index in [4.69, 9.17) is 4.74 Å². The van der Waals surface area contributed by atoms with Crippen LogP contribution in [0.25, 0.3) is 0 Å². The van der Waals surface area contributed by atoms with Gasteiger partial charge in [-0.05, 0) is 52.0 Å². The Morgan fingerprint density at radius 2 is 1.77 bits per heavy atom. The van der Waals surface area contributed by atoms with Crippen LogP contribution in [0.4, 0.5) is 5.95 Å². The van der Waals surface area contributed by atoms with E-state index < -0.39 is 0 Å². The summed E-state index contributed by atoms with van der Waals surface area (Å²) in [5, 5.41) is 5.99. The molecule has 2 aromatic rings. The van der Waals surface area contributed by atoms with Crippen LogP contribution in [0.1, 0.15) is 51.0 Å². The van der Waals surface area contributed by atoms with E-state index in [0.29, 0.717) is 6.04 Å². The summed E-state index contributed by atoms with van der Waals surface area (Å²) in [6.45, 7) is 14.4. The van der Waals surface area contributed by atoms with Crippen molar-refractivity contribution >= 4 is 17.3 Å². The van der Waals surface area contributed by atoms with Crippen LogP contribution in [-0.2, 0) is 17.8 Å². The first kappa shape index (κ1) is 21.7. The van der Waals surface area contributed by atoms with E-state index in [1.165, 1.54) is 10.4 Å². The molecule has 2 aliphatic heterocycles. The highest BCUT2D eigenvalue weighted by atomic mass is 32.1. The Labute approximate surface area is 184 Å². The minimum atomic E-state index is 0.122. The van der Waals surface area contributed by atoms with Gasteiger partial charge in [0.25, 0.3) is 0 Å². The van der Waals surface area contributed by atoms with Gasteiger partial charge in [-0.25, -0.2) is 9.97 Å². The third kappa shape index (κ3) is 5.58. The maximum absolute atomic E-state index is 5.44. The van der Waals surface area contributed by atoms with Crippen LogP contribution < -0.4 is 10.2 Å². The van der Waals surface area contributed by atoms with Crippen LogP contribution >= 0.6 is 11.3 Å². The highest BCUT2D eigenvalue weighted by molar-refractivity contribution is 7.09. The molecule has 2 aromatic heterocycles. The fraction of sp³-hybridized carbons (Fsp3) is 0.652. The van der Waals surface area contributed by atoms with Gasteiger partial charge in [0.2, 0.25) is 5.95 Å². The monoisotopic (exact) mass is 429 g/mol. The quantitative estimate of drug-likeness (QED) is 0.756. The lowest BCUT2D eigenvalue weighted by Gasteiger charge is -2.49. The maximum Gasteiger partial charge on any atom is 0.225 e. The average Bonchev–Trinajstić information content (AvgIpc) is 3.19. The number of nitrogens with zero attached hydrogens (tertiary/aromatic N) is 4. The Balaban J connectivity index is 1.51. The molecule has 0 amide bonds. The van der Waals surface area contributed by atoms with Gasteiger partial charge in [-0.1, -0.05) is 6.07 Å². The Bertz CT molecular complexity index is 784. The topological polar surface area (TPSA) is 53.5 Å². The molecule has 0 bridgehead atoms. The van der Waals surface area contributed by atoms with E-state index in [9.17, 15) is 0 Å². The summed E-state index contributed by atoms with van der Waals surface area (Å²) in [7, 11) is 0. The number of hydrogen-bond donors (Lipinski definition) is 1. The number of aromatic nitrogens is 2. The van der Waals surface area contributed by atoms with Crippen molar-refractivity contribution in [1.82, 2.24) is 20.2 Å². The number of nitrogens with one attached hydrogen (secondary N) is 1. The standard InChI is InChI=1S/C23H35N5OS/c1-22(2)12-19(13-23(3,4)26-22)28(17-20-6-5-11-30-20)16-18-14-24-21(25-15-18)27-7-9-29-10-8-27/h5-6,11,14-15,19,26H,7-10,12-13,16-17H2,1-4H3. The minimum absolute atomic E-state index is 0.122. The summed E-state index contributed by atoms with van der Waals surface area (Å²) in [5.41, 5.74) is 1.42. The molecule has 0 atom stereocenters. The third-order valence-electron chi connectivity index (χ3n) is 6.00. The number of hydrogen-bond acceptors (Lipinski definition) is 7. The number of piperidine rings is 1. The molecular weight excluding hydrogens is 394 g/mol. The number of morpholine rings is 1. The molecule has 0 radical (unpaired) electrons. The molecule has 1 N–H and O–H groups in total. The lowest BCUT2D eigenvalue weighted by atomic mass is 9.79. The van der Waals surface area contributed by atoms with Gasteiger partial charge in [-0.15, -0.1) is 11.3 Å². The van der Waals surface area contributed by atoms with Gasteiger partial charge in [0.05, 0.1) is 13.2 Å². The SMILES string of the molecule is CC1(C)CC(N(Cc2cnc(N3CCOCC3)nc2)Cc2cccs2)CC(C)(C)N1. The molecule has 0 spiro atoms. The second-order valence-electron chi connectivity index (χ2n) is 9.93. The molecule has 2 saturated heterocycles. The van der Waals surface area contributed by atoms with E-state index in [1.807, 2.05) is 23.7 Å². The molecular formula is C23H35N5OS. The zero-order valence-electron chi connectivity index (χ0n) is 18.7. The smallest absolute Gasteiger partial charge is 0.225 e. The van der Waals surface area contributed by atoms with Gasteiger partial charge in [0, 0.05) is 66.1 Å². The second-order valence-corrected chi connectivity index (χ2v) is 11.0. The van der Waals surface area contributed by atoms with Crippen LogP contribution in [0.2, 0.25) is 0 Å². The normalized spacial score (nSPS) is 21.8. The summed E-state index contributed by atoms with van der Waals surface area (Å²) in [6, 6.07) is 4.90. The first-order valence-corrected chi connectivity index (χ1v) is 11.9. The molecule has 0 aromatic carbocycles. The zero-order chi connectivity index (χ0) is 21.2. The number of thiophene rings is 1. The number of anilines is 1. The zero-order valence-corrected chi connectivity index (χ0v) is 19.5. The summed E-state index contributed by atoms with van der Waals surface area (Å²) in [4.78, 5) is 15.6. The number of rotatable bonds is 6. The predicted molar refractivity (Wildman–Crippen MR) is 123 cm³/mol. The molecule has 7 heteroatoms. The minimum Gasteiger partial charge on any atom is -0.378 e. The van der Waals surface area contributed by atoms with E-state index in [-0.39, 0.29) is 11.1 Å². The highest BCUT2D eigenvalue weighted by Crippen LogP contribution is 2.33. The highest BCUT2D eigenvalue weighted by Gasteiger charge is 2.40. The Hall–Kier alpha value is -1.54. The Morgan fingerprint density at radius 1 is 1.10 bits per heavy atom. The maximum atomic E-state index is 5.44. The van der Waals surface area contributed by atoms with Crippen LogP contribution in [0.5, 0.6) is 0 Å². The fourth-order valence-electron chi connectivity index (χ4n) is 5.03. The van der Waals surface area contributed by atoms with Crippen LogP contribution in [0.3, 0.4) is 0 Å². The van der Waals surface area contributed by atoms with Gasteiger partial charge in [0.1, 0.15) is 0 Å². The van der Waals surface area contributed by atoms with Crippen LogP contribution in [0.15, 0.2) is 29.9 Å². The van der Waals surface area contributed by atoms with E-state index in [0.717, 1.165) is 58.2 Å². The van der Waals surface area contributed by atoms with Crippen molar-refractivity contribution in [2.45, 2.75) is 70.7 Å².